The van der Waals surface area contributed by atoms with Crippen molar-refractivity contribution in [3.05, 3.63) is 74.4 Å². The maximum absolute atomic E-state index is 13.7. The van der Waals surface area contributed by atoms with Crippen LogP contribution in [0.4, 0.5) is 4.39 Å². The van der Waals surface area contributed by atoms with Crippen LogP contribution >= 0.6 is 15.9 Å². The smallest absolute Gasteiger partial charge is 0.306 e. The van der Waals surface area contributed by atoms with E-state index in [0.717, 1.165) is 0 Å². The van der Waals surface area contributed by atoms with Gasteiger partial charge in [-0.05, 0) is 42.5 Å². The van der Waals surface area contributed by atoms with E-state index in [1.165, 1.54) is 18.2 Å². The monoisotopic (exact) mass is 360 g/mol. The second-order valence-corrected chi connectivity index (χ2v) is 5.62. The van der Waals surface area contributed by atoms with Crippen molar-refractivity contribution in [2.75, 3.05) is 0 Å². The average molecular weight is 361 g/mol. The Balaban J connectivity index is 1.88. The Kier molecular flexibility index (Phi) is 3.77. The average Bonchev–Trinajstić information content (AvgIpc) is 2.85. The molecule has 0 radical (unpaired) electrons. The molecular formula is C16H10BrFN2O2. The normalized spacial score (nSPS) is 11.4. The molecule has 4 nitrogen and oxygen atoms in total. The zero-order valence-electron chi connectivity index (χ0n) is 11.2. The number of H-pyrrole nitrogens is 2. The molecule has 3 rings (SSSR count). The molecule has 0 atom stereocenters. The minimum absolute atomic E-state index is 0.272. The lowest BCUT2D eigenvalue weighted by molar-refractivity contribution is 0.104. The zero-order chi connectivity index (χ0) is 15.7. The van der Waals surface area contributed by atoms with E-state index in [4.69, 9.17) is 0 Å². The molecule has 0 saturated heterocycles. The Morgan fingerprint density at radius 1 is 1.09 bits per heavy atom. The van der Waals surface area contributed by atoms with Gasteiger partial charge in [0.05, 0.1) is 11.0 Å². The lowest BCUT2D eigenvalue weighted by Gasteiger charge is -1.98. The van der Waals surface area contributed by atoms with Gasteiger partial charge in [-0.25, -0.2) is 9.18 Å². The summed E-state index contributed by atoms with van der Waals surface area (Å²) < 4.78 is 14.3. The SMILES string of the molecule is O=C(/C=C/c1ccc(Br)cc1F)c1ccc2[nH]c(=O)[nH]c2c1. The first-order valence-corrected chi connectivity index (χ1v) is 7.22. The number of hydrogen-bond acceptors (Lipinski definition) is 2. The number of imidazole rings is 1. The van der Waals surface area contributed by atoms with E-state index in [-0.39, 0.29) is 11.5 Å². The van der Waals surface area contributed by atoms with Gasteiger partial charge in [0.2, 0.25) is 0 Å². The van der Waals surface area contributed by atoms with Crippen LogP contribution in [0.1, 0.15) is 15.9 Å². The van der Waals surface area contributed by atoms with Gasteiger partial charge in [-0.2, -0.15) is 0 Å². The fourth-order valence-electron chi connectivity index (χ4n) is 2.08. The Hall–Kier alpha value is -2.47. The summed E-state index contributed by atoms with van der Waals surface area (Å²) in [5.74, 6) is -0.685. The quantitative estimate of drug-likeness (QED) is 0.552. The predicted molar refractivity (Wildman–Crippen MR) is 86.4 cm³/mol. The number of benzene rings is 2. The van der Waals surface area contributed by atoms with Crippen LogP contribution in [0.2, 0.25) is 0 Å². The molecule has 2 N–H and O–H groups in total. The largest absolute Gasteiger partial charge is 0.323 e. The predicted octanol–water partition coefficient (Wildman–Crippen LogP) is 3.65. The molecule has 3 aromatic rings. The number of ketones is 1. The number of allylic oxidation sites excluding steroid dienone is 1. The Morgan fingerprint density at radius 3 is 2.64 bits per heavy atom. The van der Waals surface area contributed by atoms with Crippen LogP contribution in [0.25, 0.3) is 17.1 Å². The zero-order valence-corrected chi connectivity index (χ0v) is 12.8. The summed E-state index contributed by atoms with van der Waals surface area (Å²) in [6.07, 6.45) is 2.73. The van der Waals surface area contributed by atoms with Crippen molar-refractivity contribution in [2.45, 2.75) is 0 Å². The van der Waals surface area contributed by atoms with E-state index in [1.54, 1.807) is 30.3 Å². The molecule has 22 heavy (non-hydrogen) atoms. The van der Waals surface area contributed by atoms with E-state index in [0.29, 0.717) is 26.6 Å². The molecule has 2 aromatic carbocycles. The van der Waals surface area contributed by atoms with Gasteiger partial charge < -0.3 is 9.97 Å². The van der Waals surface area contributed by atoms with Gasteiger partial charge in [-0.3, -0.25) is 4.79 Å². The van der Waals surface area contributed by atoms with E-state index in [2.05, 4.69) is 25.9 Å². The summed E-state index contributed by atoms with van der Waals surface area (Å²) >= 11 is 3.18. The maximum Gasteiger partial charge on any atom is 0.323 e. The minimum Gasteiger partial charge on any atom is -0.306 e. The van der Waals surface area contributed by atoms with Crippen molar-refractivity contribution in [3.63, 3.8) is 0 Å². The van der Waals surface area contributed by atoms with Gasteiger partial charge >= 0.3 is 5.69 Å². The van der Waals surface area contributed by atoms with E-state index in [1.807, 2.05) is 0 Å². The van der Waals surface area contributed by atoms with Crippen LogP contribution < -0.4 is 5.69 Å². The maximum atomic E-state index is 13.7. The molecule has 110 valence electrons. The van der Waals surface area contributed by atoms with E-state index in [9.17, 15) is 14.0 Å². The highest BCUT2D eigenvalue weighted by atomic mass is 79.9. The van der Waals surface area contributed by atoms with Crippen LogP contribution in [0.3, 0.4) is 0 Å². The molecule has 0 unspecified atom stereocenters. The van der Waals surface area contributed by atoms with Crippen molar-refractivity contribution in [3.8, 4) is 0 Å². The molecule has 0 saturated carbocycles. The number of halogens is 2. The van der Waals surface area contributed by atoms with E-state index >= 15 is 0 Å². The van der Waals surface area contributed by atoms with Gasteiger partial charge in [0, 0.05) is 15.6 Å². The number of nitrogens with one attached hydrogen (secondary N) is 2. The van der Waals surface area contributed by atoms with Crippen LogP contribution in [-0.4, -0.2) is 15.8 Å². The Morgan fingerprint density at radius 2 is 1.86 bits per heavy atom. The topological polar surface area (TPSA) is 65.7 Å². The molecule has 0 amide bonds. The summed E-state index contributed by atoms with van der Waals surface area (Å²) in [5, 5.41) is 0. The first kappa shape index (κ1) is 14.5. The lowest BCUT2D eigenvalue weighted by atomic mass is 10.1. The van der Waals surface area contributed by atoms with E-state index < -0.39 is 5.82 Å². The van der Waals surface area contributed by atoms with Gasteiger partial charge in [0.25, 0.3) is 0 Å². The van der Waals surface area contributed by atoms with Gasteiger partial charge in [-0.15, -0.1) is 0 Å². The first-order valence-electron chi connectivity index (χ1n) is 6.42. The fourth-order valence-corrected chi connectivity index (χ4v) is 2.42. The Labute approximate surface area is 132 Å². The summed E-state index contributed by atoms with van der Waals surface area (Å²) in [6, 6.07) is 9.45. The summed E-state index contributed by atoms with van der Waals surface area (Å²) in [4.78, 5) is 28.5. The van der Waals surface area contributed by atoms with Crippen LogP contribution in [-0.2, 0) is 0 Å². The second kappa shape index (κ2) is 5.73. The van der Waals surface area contributed by atoms with Gasteiger partial charge in [0.1, 0.15) is 5.82 Å². The minimum atomic E-state index is -0.413. The molecule has 0 fully saturated rings. The van der Waals surface area contributed by atoms with Crippen LogP contribution in [0.5, 0.6) is 0 Å². The molecule has 0 aliphatic carbocycles. The summed E-state index contributed by atoms with van der Waals surface area (Å²) in [7, 11) is 0. The van der Waals surface area contributed by atoms with Crippen molar-refractivity contribution in [2.24, 2.45) is 0 Å². The molecule has 1 heterocycles. The number of hydrogen-bond donors (Lipinski definition) is 2. The fraction of sp³-hybridized carbons (Fsp3) is 0. The molecule has 0 aliphatic heterocycles. The highest BCUT2D eigenvalue weighted by molar-refractivity contribution is 9.10. The van der Waals surface area contributed by atoms with Gasteiger partial charge in [0.15, 0.2) is 5.78 Å². The third-order valence-corrected chi connectivity index (χ3v) is 3.67. The molecule has 0 bridgehead atoms. The van der Waals surface area contributed by atoms with Crippen molar-refractivity contribution in [1.82, 2.24) is 9.97 Å². The molecule has 0 spiro atoms. The highest BCUT2D eigenvalue weighted by Gasteiger charge is 2.06. The lowest BCUT2D eigenvalue weighted by Crippen LogP contribution is -1.99. The Bertz CT molecular complexity index is 956. The molecule has 1 aromatic heterocycles. The summed E-state index contributed by atoms with van der Waals surface area (Å²) in [6.45, 7) is 0. The van der Waals surface area contributed by atoms with Crippen LogP contribution in [0, 0.1) is 5.82 Å². The van der Waals surface area contributed by atoms with Crippen molar-refractivity contribution in [1.29, 1.82) is 0 Å². The molecule has 6 heteroatoms. The van der Waals surface area contributed by atoms with Crippen molar-refractivity contribution >= 4 is 38.8 Å². The standard InChI is InChI=1S/C16H10BrFN2O2/c17-11-4-1-9(12(18)8-11)3-6-15(21)10-2-5-13-14(7-10)20-16(22)19-13/h1-8H,(H2,19,20,22)/b6-3+. The third kappa shape index (κ3) is 2.92. The number of aromatic amines is 2. The second-order valence-electron chi connectivity index (χ2n) is 4.70. The molecule has 0 aliphatic rings. The number of aromatic nitrogens is 2. The van der Waals surface area contributed by atoms with Crippen LogP contribution in [0.15, 0.2) is 51.7 Å². The summed E-state index contributed by atoms with van der Waals surface area (Å²) in [5.41, 5.74) is 1.60. The number of rotatable bonds is 3. The third-order valence-electron chi connectivity index (χ3n) is 3.18. The number of carbonyl (C=O) groups is 1. The van der Waals surface area contributed by atoms with Gasteiger partial charge in [-0.1, -0.05) is 22.0 Å². The number of carbonyl (C=O) groups excluding carboxylic acids is 1. The first-order chi connectivity index (χ1) is 10.5. The highest BCUT2D eigenvalue weighted by Crippen LogP contribution is 2.17. The van der Waals surface area contributed by atoms with Crippen molar-refractivity contribution < 1.29 is 9.18 Å². The number of fused-ring (bicyclic) bond motifs is 1. The molecular weight excluding hydrogens is 351 g/mol.